The summed E-state index contributed by atoms with van der Waals surface area (Å²) in [5.41, 5.74) is 1.28. The Morgan fingerprint density at radius 1 is 1.40 bits per heavy atom. The molecule has 2 aromatic heterocycles. The Morgan fingerprint density at radius 3 is 2.80 bits per heavy atom. The largest absolute Gasteiger partial charge is 0.480 e. The lowest BCUT2D eigenvalue weighted by atomic mass is 10.0. The quantitative estimate of drug-likeness (QED) is 0.867. The van der Waals surface area contributed by atoms with Gasteiger partial charge >= 0.3 is 5.97 Å². The number of carbonyl (C=O) groups is 2. The molecule has 6 heteroatoms. The number of carbonyl (C=O) groups excluding carboxylic acids is 1. The predicted molar refractivity (Wildman–Crippen MR) is 73.5 cm³/mol. The molecule has 0 aromatic carbocycles. The molecule has 0 aliphatic carbocycles. The van der Waals surface area contributed by atoms with Gasteiger partial charge in [-0.2, -0.15) is 0 Å². The van der Waals surface area contributed by atoms with Crippen LogP contribution in [0, 0.1) is 5.92 Å². The molecule has 0 unspecified atom stereocenters. The Morgan fingerprint density at radius 2 is 2.15 bits per heavy atom. The summed E-state index contributed by atoms with van der Waals surface area (Å²) < 4.78 is 1.72. The zero-order valence-corrected chi connectivity index (χ0v) is 11.4. The summed E-state index contributed by atoms with van der Waals surface area (Å²) in [6, 6.07) is 2.54. The standard InChI is InChI=1S/C14H17N3O3/c1-9(2)5-12(14(19)20)16-13(18)10-3-4-11-6-15-8-17(11)7-10/h3-4,6-9,12H,5H2,1-2H3,(H,16,18)(H,19,20)/t12-/m0/s1. The number of imidazole rings is 1. The number of aliphatic carboxylic acids is 1. The summed E-state index contributed by atoms with van der Waals surface area (Å²) in [6.45, 7) is 3.83. The number of carboxylic acid groups (broad SMARTS) is 1. The topological polar surface area (TPSA) is 83.7 Å². The molecule has 106 valence electrons. The van der Waals surface area contributed by atoms with Crippen LogP contribution in [0.2, 0.25) is 0 Å². The normalized spacial score (nSPS) is 12.6. The molecule has 0 radical (unpaired) electrons. The van der Waals surface area contributed by atoms with E-state index in [0.717, 1.165) is 5.52 Å². The van der Waals surface area contributed by atoms with Gasteiger partial charge in [0.25, 0.3) is 5.91 Å². The van der Waals surface area contributed by atoms with Crippen molar-refractivity contribution < 1.29 is 14.7 Å². The van der Waals surface area contributed by atoms with Crippen molar-refractivity contribution in [3.05, 3.63) is 36.4 Å². The van der Waals surface area contributed by atoms with Gasteiger partial charge in [0.1, 0.15) is 6.04 Å². The third-order valence-corrected chi connectivity index (χ3v) is 2.98. The van der Waals surface area contributed by atoms with Gasteiger partial charge in [0, 0.05) is 6.20 Å². The average molecular weight is 275 g/mol. The maximum atomic E-state index is 12.1. The number of amides is 1. The van der Waals surface area contributed by atoms with Gasteiger partial charge in [-0.1, -0.05) is 13.8 Å². The fourth-order valence-electron chi connectivity index (χ4n) is 1.99. The molecular weight excluding hydrogens is 258 g/mol. The minimum Gasteiger partial charge on any atom is -0.480 e. The molecule has 0 bridgehead atoms. The van der Waals surface area contributed by atoms with Crippen LogP contribution >= 0.6 is 0 Å². The van der Waals surface area contributed by atoms with Crippen molar-refractivity contribution in [2.24, 2.45) is 5.92 Å². The average Bonchev–Trinajstić information content (AvgIpc) is 2.84. The first-order valence-corrected chi connectivity index (χ1v) is 6.42. The molecule has 6 nitrogen and oxygen atoms in total. The van der Waals surface area contributed by atoms with E-state index in [0.29, 0.717) is 12.0 Å². The molecule has 0 saturated heterocycles. The minimum atomic E-state index is -1.02. The Bertz CT molecular complexity index is 633. The van der Waals surface area contributed by atoms with Gasteiger partial charge in [-0.05, 0) is 24.5 Å². The molecule has 1 atom stereocenters. The van der Waals surface area contributed by atoms with Crippen molar-refractivity contribution in [1.29, 1.82) is 0 Å². The molecular formula is C14H17N3O3. The van der Waals surface area contributed by atoms with E-state index < -0.39 is 17.9 Å². The second-order valence-electron chi connectivity index (χ2n) is 5.14. The van der Waals surface area contributed by atoms with Crippen molar-refractivity contribution in [3.8, 4) is 0 Å². The van der Waals surface area contributed by atoms with Crippen LogP contribution in [0.4, 0.5) is 0 Å². The zero-order valence-electron chi connectivity index (χ0n) is 11.4. The molecule has 20 heavy (non-hydrogen) atoms. The molecule has 2 heterocycles. The van der Waals surface area contributed by atoms with E-state index in [9.17, 15) is 9.59 Å². The Balaban J connectivity index is 2.15. The molecule has 0 aliphatic rings. The van der Waals surface area contributed by atoms with E-state index in [1.165, 1.54) is 0 Å². The van der Waals surface area contributed by atoms with Crippen molar-refractivity contribution in [2.75, 3.05) is 0 Å². The van der Waals surface area contributed by atoms with Crippen LogP contribution in [-0.2, 0) is 4.79 Å². The fraction of sp³-hybridized carbons (Fsp3) is 0.357. The summed E-state index contributed by atoms with van der Waals surface area (Å²) in [5.74, 6) is -1.23. The Hall–Kier alpha value is -2.37. The van der Waals surface area contributed by atoms with Crippen molar-refractivity contribution in [2.45, 2.75) is 26.3 Å². The molecule has 0 saturated carbocycles. The van der Waals surface area contributed by atoms with E-state index in [4.69, 9.17) is 5.11 Å². The number of pyridine rings is 1. The zero-order chi connectivity index (χ0) is 14.7. The lowest BCUT2D eigenvalue weighted by molar-refractivity contribution is -0.139. The number of nitrogens with zero attached hydrogens (tertiary/aromatic N) is 2. The molecule has 0 aliphatic heterocycles. The van der Waals surface area contributed by atoms with Gasteiger partial charge in [-0.3, -0.25) is 4.79 Å². The fourth-order valence-corrected chi connectivity index (χ4v) is 1.99. The summed E-state index contributed by atoms with van der Waals surface area (Å²) in [4.78, 5) is 27.2. The molecule has 2 aromatic rings. The third-order valence-electron chi connectivity index (χ3n) is 2.98. The Labute approximate surface area is 116 Å². The molecule has 0 fully saturated rings. The van der Waals surface area contributed by atoms with Gasteiger partial charge in [-0.25, -0.2) is 9.78 Å². The minimum absolute atomic E-state index is 0.188. The van der Waals surface area contributed by atoms with E-state index in [1.807, 2.05) is 13.8 Å². The summed E-state index contributed by atoms with van der Waals surface area (Å²) >= 11 is 0. The predicted octanol–water partition coefficient (Wildman–Crippen LogP) is 1.56. The van der Waals surface area contributed by atoms with Gasteiger partial charge in [-0.15, -0.1) is 0 Å². The second kappa shape index (κ2) is 5.73. The van der Waals surface area contributed by atoms with E-state index in [-0.39, 0.29) is 5.92 Å². The van der Waals surface area contributed by atoms with Crippen molar-refractivity contribution in [1.82, 2.24) is 14.7 Å². The summed E-state index contributed by atoms with van der Waals surface area (Å²) in [7, 11) is 0. The summed E-state index contributed by atoms with van der Waals surface area (Å²) in [6.07, 6.45) is 5.30. The van der Waals surface area contributed by atoms with Crippen LogP contribution in [-0.4, -0.2) is 32.4 Å². The van der Waals surface area contributed by atoms with Gasteiger partial charge in [0.15, 0.2) is 0 Å². The number of carboxylic acids is 1. The SMILES string of the molecule is CC(C)C[C@H](NC(=O)c1ccc2cncn2c1)C(=O)O. The van der Waals surface area contributed by atoms with Crippen LogP contribution in [0.1, 0.15) is 30.6 Å². The maximum absolute atomic E-state index is 12.1. The highest BCUT2D eigenvalue weighted by molar-refractivity contribution is 5.96. The lowest BCUT2D eigenvalue weighted by Gasteiger charge is -2.16. The van der Waals surface area contributed by atoms with E-state index in [2.05, 4.69) is 10.3 Å². The molecule has 2 N–H and O–H groups in total. The molecule has 0 spiro atoms. The van der Waals surface area contributed by atoms with E-state index >= 15 is 0 Å². The first-order valence-electron chi connectivity index (χ1n) is 6.42. The number of aromatic nitrogens is 2. The first kappa shape index (κ1) is 14.0. The van der Waals surface area contributed by atoms with Crippen LogP contribution in [0.5, 0.6) is 0 Å². The molecule has 2 rings (SSSR count). The maximum Gasteiger partial charge on any atom is 0.326 e. The van der Waals surface area contributed by atoms with Crippen LogP contribution in [0.3, 0.4) is 0 Å². The Kier molecular flexibility index (Phi) is 4.02. The van der Waals surface area contributed by atoms with Crippen LogP contribution in [0.15, 0.2) is 30.9 Å². The molecule has 1 amide bonds. The highest BCUT2D eigenvalue weighted by atomic mass is 16.4. The van der Waals surface area contributed by atoms with Gasteiger partial charge in [0.05, 0.1) is 23.6 Å². The number of hydrogen-bond acceptors (Lipinski definition) is 3. The number of fused-ring (bicyclic) bond motifs is 1. The second-order valence-corrected chi connectivity index (χ2v) is 5.14. The monoisotopic (exact) mass is 275 g/mol. The highest BCUT2D eigenvalue weighted by Crippen LogP contribution is 2.09. The van der Waals surface area contributed by atoms with Gasteiger partial charge in [0.2, 0.25) is 0 Å². The van der Waals surface area contributed by atoms with Crippen LogP contribution < -0.4 is 5.32 Å². The summed E-state index contributed by atoms with van der Waals surface area (Å²) in [5, 5.41) is 11.7. The highest BCUT2D eigenvalue weighted by Gasteiger charge is 2.21. The van der Waals surface area contributed by atoms with Crippen LogP contribution in [0.25, 0.3) is 5.52 Å². The first-order chi connectivity index (χ1) is 9.47. The van der Waals surface area contributed by atoms with Crippen molar-refractivity contribution in [3.63, 3.8) is 0 Å². The number of hydrogen-bond donors (Lipinski definition) is 2. The van der Waals surface area contributed by atoms with Crippen molar-refractivity contribution >= 4 is 17.4 Å². The number of nitrogens with one attached hydrogen (secondary N) is 1. The lowest BCUT2D eigenvalue weighted by Crippen LogP contribution is -2.41. The van der Waals surface area contributed by atoms with Gasteiger partial charge < -0.3 is 14.8 Å². The third kappa shape index (κ3) is 3.14. The smallest absolute Gasteiger partial charge is 0.326 e. The van der Waals surface area contributed by atoms with E-state index in [1.54, 1.807) is 35.3 Å². The number of rotatable bonds is 5.